The molecule has 3 rings (SSSR count). The van der Waals surface area contributed by atoms with Gasteiger partial charge in [-0.1, -0.05) is 43.9 Å². The Bertz CT molecular complexity index is 666. The van der Waals surface area contributed by atoms with Crippen molar-refractivity contribution in [3.63, 3.8) is 0 Å². The molecule has 5 nitrogen and oxygen atoms in total. The standard InChI is InChI=1S/C20H27ClN2O3S/c1-2-11-26-19(24)17-13-27-18(14-7-4-3-5-8-14)23(17)20(25)22-16-10-6-9-15(21)12-16/h6,9-10,12,14,17-18H,2-5,7-8,11,13H2,1H3,(H,22,25). The van der Waals surface area contributed by atoms with E-state index in [2.05, 4.69) is 5.32 Å². The number of halogens is 1. The highest BCUT2D eigenvalue weighted by Gasteiger charge is 2.45. The number of rotatable bonds is 5. The number of benzene rings is 1. The smallest absolute Gasteiger partial charge is 0.329 e. The van der Waals surface area contributed by atoms with E-state index in [4.69, 9.17) is 16.3 Å². The molecule has 2 fully saturated rings. The fourth-order valence-corrected chi connectivity index (χ4v) is 5.62. The monoisotopic (exact) mass is 410 g/mol. The SMILES string of the molecule is CCCOC(=O)C1CSC(C2CCCCC2)N1C(=O)Nc1cccc(Cl)c1. The molecular formula is C20H27ClN2O3S. The molecule has 1 saturated carbocycles. The topological polar surface area (TPSA) is 58.6 Å². The van der Waals surface area contributed by atoms with E-state index in [1.807, 2.05) is 6.92 Å². The summed E-state index contributed by atoms with van der Waals surface area (Å²) < 4.78 is 5.37. The molecule has 2 aliphatic rings. The zero-order valence-corrected chi connectivity index (χ0v) is 17.2. The van der Waals surface area contributed by atoms with Crippen LogP contribution < -0.4 is 5.32 Å². The molecule has 0 spiro atoms. The first-order valence-electron chi connectivity index (χ1n) is 9.73. The Labute approximate surface area is 170 Å². The fraction of sp³-hybridized carbons (Fsp3) is 0.600. The predicted octanol–water partition coefficient (Wildman–Crippen LogP) is 5.15. The van der Waals surface area contributed by atoms with Crippen LogP contribution >= 0.6 is 23.4 Å². The zero-order valence-electron chi connectivity index (χ0n) is 15.7. The lowest BCUT2D eigenvalue weighted by molar-refractivity contribution is -0.148. The number of nitrogens with zero attached hydrogens (tertiary/aromatic N) is 1. The van der Waals surface area contributed by atoms with Gasteiger partial charge in [-0.15, -0.1) is 11.8 Å². The molecule has 7 heteroatoms. The number of urea groups is 1. The van der Waals surface area contributed by atoms with Gasteiger partial charge in [0, 0.05) is 16.5 Å². The highest BCUT2D eigenvalue weighted by atomic mass is 35.5. The van der Waals surface area contributed by atoms with Crippen LogP contribution in [-0.4, -0.2) is 40.7 Å². The van der Waals surface area contributed by atoms with E-state index in [9.17, 15) is 9.59 Å². The van der Waals surface area contributed by atoms with Crippen LogP contribution in [0.15, 0.2) is 24.3 Å². The zero-order chi connectivity index (χ0) is 19.2. The number of hydrogen-bond donors (Lipinski definition) is 1. The molecule has 2 unspecified atom stereocenters. The van der Waals surface area contributed by atoms with Crippen molar-refractivity contribution in [3.05, 3.63) is 29.3 Å². The van der Waals surface area contributed by atoms with Gasteiger partial charge in [-0.2, -0.15) is 0 Å². The third-order valence-corrected chi connectivity index (χ3v) is 6.82. The molecule has 1 aromatic carbocycles. The maximum atomic E-state index is 13.1. The van der Waals surface area contributed by atoms with Gasteiger partial charge in [-0.25, -0.2) is 9.59 Å². The normalized spacial score (nSPS) is 23.3. The van der Waals surface area contributed by atoms with Crippen molar-refractivity contribution in [3.8, 4) is 0 Å². The third kappa shape index (κ3) is 5.11. The summed E-state index contributed by atoms with van der Waals surface area (Å²) in [5.74, 6) is 0.717. The Kier molecular flexibility index (Phi) is 7.30. The van der Waals surface area contributed by atoms with Gasteiger partial charge in [0.05, 0.1) is 12.0 Å². The van der Waals surface area contributed by atoms with E-state index >= 15 is 0 Å². The molecule has 27 heavy (non-hydrogen) atoms. The molecule has 1 heterocycles. The summed E-state index contributed by atoms with van der Waals surface area (Å²) in [5.41, 5.74) is 0.632. The summed E-state index contributed by atoms with van der Waals surface area (Å²) >= 11 is 7.74. The van der Waals surface area contributed by atoms with E-state index in [-0.39, 0.29) is 17.4 Å². The minimum absolute atomic E-state index is 0.0173. The van der Waals surface area contributed by atoms with Crippen molar-refractivity contribution < 1.29 is 14.3 Å². The summed E-state index contributed by atoms with van der Waals surface area (Å²) in [6.45, 7) is 2.35. The molecule has 0 aromatic heterocycles. The van der Waals surface area contributed by atoms with Crippen LogP contribution in [0, 0.1) is 5.92 Å². The summed E-state index contributed by atoms with van der Waals surface area (Å²) in [6, 6.07) is 6.28. The van der Waals surface area contributed by atoms with Gasteiger partial charge >= 0.3 is 12.0 Å². The van der Waals surface area contributed by atoms with Crippen LogP contribution in [0.25, 0.3) is 0 Å². The van der Waals surface area contributed by atoms with Crippen LogP contribution in [0.1, 0.15) is 45.4 Å². The minimum atomic E-state index is -0.535. The third-order valence-electron chi connectivity index (χ3n) is 5.12. The second-order valence-electron chi connectivity index (χ2n) is 7.15. The second kappa shape index (κ2) is 9.69. The first kappa shape index (κ1) is 20.3. The maximum Gasteiger partial charge on any atom is 0.329 e. The first-order valence-corrected chi connectivity index (χ1v) is 11.2. The van der Waals surface area contributed by atoms with Gasteiger partial charge in [0.2, 0.25) is 0 Å². The fourth-order valence-electron chi connectivity index (χ4n) is 3.80. The summed E-state index contributed by atoms with van der Waals surface area (Å²) in [4.78, 5) is 27.4. The second-order valence-corrected chi connectivity index (χ2v) is 8.74. The van der Waals surface area contributed by atoms with Gasteiger partial charge in [-0.3, -0.25) is 4.90 Å². The maximum absolute atomic E-state index is 13.1. The lowest BCUT2D eigenvalue weighted by atomic mass is 9.88. The van der Waals surface area contributed by atoms with Crippen molar-refractivity contribution in [1.82, 2.24) is 4.90 Å². The number of esters is 1. The molecule has 1 aromatic rings. The van der Waals surface area contributed by atoms with Crippen molar-refractivity contribution in [1.29, 1.82) is 0 Å². The Balaban J connectivity index is 1.77. The Hall–Kier alpha value is -1.40. The summed E-state index contributed by atoms with van der Waals surface area (Å²) in [6.07, 6.45) is 6.62. The first-order chi connectivity index (χ1) is 13.1. The minimum Gasteiger partial charge on any atom is -0.464 e. The van der Waals surface area contributed by atoms with E-state index in [1.54, 1.807) is 40.9 Å². The predicted molar refractivity (Wildman–Crippen MR) is 110 cm³/mol. The highest BCUT2D eigenvalue weighted by molar-refractivity contribution is 8.00. The molecule has 2 atom stereocenters. The molecule has 1 aliphatic heterocycles. The quantitative estimate of drug-likeness (QED) is 0.682. The number of thioether (sulfide) groups is 1. The van der Waals surface area contributed by atoms with Crippen LogP contribution in [0.5, 0.6) is 0 Å². The Morgan fingerprint density at radius 2 is 2.07 bits per heavy atom. The van der Waals surface area contributed by atoms with Crippen LogP contribution in [0.4, 0.5) is 10.5 Å². The highest BCUT2D eigenvalue weighted by Crippen LogP contribution is 2.41. The van der Waals surface area contributed by atoms with Gasteiger partial charge < -0.3 is 10.1 Å². The van der Waals surface area contributed by atoms with Gasteiger partial charge in [0.15, 0.2) is 0 Å². The molecule has 148 valence electrons. The number of ether oxygens (including phenoxy) is 1. The lowest BCUT2D eigenvalue weighted by Gasteiger charge is -2.35. The van der Waals surface area contributed by atoms with E-state index in [0.717, 1.165) is 19.3 Å². The Morgan fingerprint density at radius 3 is 2.78 bits per heavy atom. The van der Waals surface area contributed by atoms with E-state index in [0.29, 0.717) is 29.0 Å². The van der Waals surface area contributed by atoms with Crippen molar-refractivity contribution in [2.75, 3.05) is 17.7 Å². The number of hydrogen-bond acceptors (Lipinski definition) is 4. The van der Waals surface area contributed by atoms with E-state index in [1.165, 1.54) is 19.3 Å². The van der Waals surface area contributed by atoms with E-state index < -0.39 is 6.04 Å². The summed E-state index contributed by atoms with van der Waals surface area (Å²) in [5, 5.41) is 3.49. The largest absolute Gasteiger partial charge is 0.464 e. The molecule has 2 amide bonds. The average molecular weight is 411 g/mol. The van der Waals surface area contributed by atoms with Gasteiger partial charge in [0.25, 0.3) is 0 Å². The molecule has 1 N–H and O–H groups in total. The number of nitrogens with one attached hydrogen (secondary N) is 1. The molecule has 0 radical (unpaired) electrons. The van der Waals surface area contributed by atoms with Crippen molar-refractivity contribution >= 4 is 41.1 Å². The van der Waals surface area contributed by atoms with Crippen molar-refractivity contribution in [2.45, 2.75) is 56.9 Å². The number of carbonyl (C=O) groups excluding carboxylic acids is 2. The van der Waals surface area contributed by atoms with Crippen LogP contribution in [-0.2, 0) is 9.53 Å². The molecule has 1 aliphatic carbocycles. The van der Waals surface area contributed by atoms with Gasteiger partial charge in [-0.05, 0) is 43.4 Å². The molecular weight excluding hydrogens is 384 g/mol. The van der Waals surface area contributed by atoms with Gasteiger partial charge in [0.1, 0.15) is 6.04 Å². The molecule has 1 saturated heterocycles. The number of anilines is 1. The van der Waals surface area contributed by atoms with Crippen molar-refractivity contribution in [2.24, 2.45) is 5.92 Å². The van der Waals surface area contributed by atoms with Crippen LogP contribution in [0.3, 0.4) is 0 Å². The Morgan fingerprint density at radius 1 is 1.30 bits per heavy atom. The summed E-state index contributed by atoms with van der Waals surface area (Å²) in [7, 11) is 0. The average Bonchev–Trinajstić information content (AvgIpc) is 3.12. The number of amides is 2. The number of carbonyl (C=O) groups is 2. The lowest BCUT2D eigenvalue weighted by Crippen LogP contribution is -2.50. The molecule has 0 bridgehead atoms. The van der Waals surface area contributed by atoms with Crippen LogP contribution in [0.2, 0.25) is 5.02 Å².